The van der Waals surface area contributed by atoms with Gasteiger partial charge in [-0.3, -0.25) is 0 Å². The van der Waals surface area contributed by atoms with Gasteiger partial charge in [-0.1, -0.05) is 97.6 Å². The van der Waals surface area contributed by atoms with E-state index in [-0.39, 0.29) is 33.0 Å². The SMILES string of the molecule is C=C(O)c1c(/C(O)=C(\C)O)c(-c2cc3c(c4ccccc24)CCC=C3)c2c(O)c(O)c(O)c(O)c2c1-c1cccc(-c2ccc3ccccc3c2)c1. The molecule has 7 nitrogen and oxygen atoms in total. The van der Waals surface area contributed by atoms with Gasteiger partial charge in [0.15, 0.2) is 17.3 Å². The Bertz CT molecular complexity index is 2730. The molecule has 8 rings (SSSR count). The van der Waals surface area contributed by atoms with Gasteiger partial charge in [0, 0.05) is 33.0 Å². The summed E-state index contributed by atoms with van der Waals surface area (Å²) in [7, 11) is 0. The van der Waals surface area contributed by atoms with Crippen LogP contribution in [0.1, 0.15) is 35.6 Å². The summed E-state index contributed by atoms with van der Waals surface area (Å²) in [6.07, 6.45) is 5.67. The molecule has 0 atom stereocenters. The number of aliphatic hydroxyl groups is 3. The molecule has 0 aromatic heterocycles. The fraction of sp³-hybridized carbons (Fsp3) is 0.0667. The number of phenols is 4. The van der Waals surface area contributed by atoms with Crippen molar-refractivity contribution in [3.63, 3.8) is 0 Å². The Morgan fingerprint density at radius 1 is 0.596 bits per heavy atom. The zero-order valence-corrected chi connectivity index (χ0v) is 28.1. The van der Waals surface area contributed by atoms with Crippen LogP contribution in [0, 0.1) is 0 Å². The Labute approximate surface area is 298 Å². The molecule has 0 saturated carbocycles. The molecule has 0 aliphatic heterocycles. The summed E-state index contributed by atoms with van der Waals surface area (Å²) >= 11 is 0. The molecule has 52 heavy (non-hydrogen) atoms. The Kier molecular flexibility index (Phi) is 7.57. The van der Waals surface area contributed by atoms with Gasteiger partial charge in [0.05, 0.1) is 0 Å². The summed E-state index contributed by atoms with van der Waals surface area (Å²) in [6, 6.07) is 30.7. The molecule has 1 aliphatic rings. The standard InChI is InChI=1S/C45H34O7/c1-23(46)35-36(30-14-9-13-27(21-30)28-19-18-25-10-3-4-11-26(25)20-28)39-40(43(50)45(52)44(51)42(39)49)37(38(35)41(48)24(2)47)34-22-29-12-5-6-15-31(29)32-16-7-8-17-33(32)34/h3-5,7-14,16-22,46-52H,1,6,15H2,2H3/b41-24-. The highest BCUT2D eigenvalue weighted by Gasteiger charge is 2.33. The second kappa shape index (κ2) is 12.2. The van der Waals surface area contributed by atoms with Gasteiger partial charge in [-0.05, 0) is 92.9 Å². The second-order valence-corrected chi connectivity index (χ2v) is 13.1. The molecule has 0 fully saturated rings. The lowest BCUT2D eigenvalue weighted by atomic mass is 9.78. The number of aromatic hydroxyl groups is 4. The third-order valence-electron chi connectivity index (χ3n) is 10.1. The Morgan fingerprint density at radius 3 is 1.94 bits per heavy atom. The van der Waals surface area contributed by atoms with Crippen LogP contribution in [0.25, 0.3) is 83.3 Å². The van der Waals surface area contributed by atoms with Crippen molar-refractivity contribution in [2.75, 3.05) is 0 Å². The van der Waals surface area contributed by atoms with Crippen LogP contribution >= 0.6 is 0 Å². The van der Waals surface area contributed by atoms with Gasteiger partial charge >= 0.3 is 0 Å². The van der Waals surface area contributed by atoms with E-state index in [1.807, 2.05) is 91.0 Å². The van der Waals surface area contributed by atoms with E-state index in [9.17, 15) is 35.7 Å². The summed E-state index contributed by atoms with van der Waals surface area (Å²) in [5, 5.41) is 83.4. The molecule has 0 heterocycles. The van der Waals surface area contributed by atoms with Gasteiger partial charge in [-0.2, -0.15) is 0 Å². The summed E-state index contributed by atoms with van der Waals surface area (Å²) in [5.74, 6) is -5.13. The molecule has 0 amide bonds. The van der Waals surface area contributed by atoms with Crippen LogP contribution in [0.4, 0.5) is 0 Å². The number of allylic oxidation sites excluding steroid dienone is 2. The zero-order valence-electron chi connectivity index (χ0n) is 28.1. The topological polar surface area (TPSA) is 142 Å². The number of aryl methyl sites for hydroxylation is 1. The monoisotopic (exact) mass is 686 g/mol. The lowest BCUT2D eigenvalue weighted by Crippen LogP contribution is -2.05. The average Bonchev–Trinajstić information content (AvgIpc) is 3.17. The van der Waals surface area contributed by atoms with Crippen molar-refractivity contribution in [2.24, 2.45) is 0 Å². The molecular formula is C45H34O7. The number of rotatable bonds is 5. The van der Waals surface area contributed by atoms with Crippen LogP contribution < -0.4 is 0 Å². The highest BCUT2D eigenvalue weighted by molar-refractivity contribution is 6.21. The number of hydrogen-bond donors (Lipinski definition) is 7. The van der Waals surface area contributed by atoms with Crippen molar-refractivity contribution in [1.29, 1.82) is 0 Å². The van der Waals surface area contributed by atoms with Crippen LogP contribution in [-0.2, 0) is 6.42 Å². The Balaban J connectivity index is 1.58. The highest BCUT2D eigenvalue weighted by atomic mass is 16.3. The number of aliphatic hydroxyl groups excluding tert-OH is 3. The van der Waals surface area contributed by atoms with Crippen molar-refractivity contribution >= 4 is 49.9 Å². The third-order valence-corrected chi connectivity index (χ3v) is 10.1. The Hall–Kier alpha value is -6.86. The van der Waals surface area contributed by atoms with E-state index in [4.69, 9.17) is 0 Å². The molecule has 0 saturated heterocycles. The maximum absolute atomic E-state index is 11.8. The smallest absolute Gasteiger partial charge is 0.204 e. The molecule has 0 bridgehead atoms. The second-order valence-electron chi connectivity index (χ2n) is 13.1. The number of phenolic OH excluding ortho intramolecular Hbond substituents is 4. The quantitative estimate of drug-likeness (QED) is 0.0543. The molecule has 0 radical (unpaired) electrons. The van der Waals surface area contributed by atoms with Crippen molar-refractivity contribution in [3.8, 4) is 56.4 Å². The van der Waals surface area contributed by atoms with E-state index in [1.165, 1.54) is 6.92 Å². The minimum absolute atomic E-state index is 0.0683. The van der Waals surface area contributed by atoms with Crippen LogP contribution in [-0.4, -0.2) is 35.7 Å². The predicted octanol–water partition coefficient (Wildman–Crippen LogP) is 11.3. The van der Waals surface area contributed by atoms with Crippen LogP contribution in [0.2, 0.25) is 0 Å². The first-order valence-corrected chi connectivity index (χ1v) is 16.8. The highest BCUT2D eigenvalue weighted by Crippen LogP contribution is 2.58. The van der Waals surface area contributed by atoms with Crippen molar-refractivity contribution < 1.29 is 35.7 Å². The number of fused-ring (bicyclic) bond motifs is 5. The van der Waals surface area contributed by atoms with Gasteiger partial charge < -0.3 is 35.7 Å². The normalized spacial score (nSPS) is 13.0. The van der Waals surface area contributed by atoms with Gasteiger partial charge in [-0.25, -0.2) is 0 Å². The van der Waals surface area contributed by atoms with Gasteiger partial charge in [0.2, 0.25) is 11.5 Å². The number of hydrogen-bond acceptors (Lipinski definition) is 7. The van der Waals surface area contributed by atoms with Gasteiger partial charge in [0.25, 0.3) is 0 Å². The van der Waals surface area contributed by atoms with E-state index in [0.717, 1.165) is 56.6 Å². The molecule has 0 spiro atoms. The van der Waals surface area contributed by atoms with Crippen LogP contribution in [0.3, 0.4) is 0 Å². The molecular weight excluding hydrogens is 652 g/mol. The van der Waals surface area contributed by atoms with Crippen LogP contribution in [0.15, 0.2) is 115 Å². The maximum atomic E-state index is 11.8. The Morgan fingerprint density at radius 2 is 1.23 bits per heavy atom. The summed E-state index contributed by atoms with van der Waals surface area (Å²) in [5.41, 5.74) is 4.51. The van der Waals surface area contributed by atoms with Gasteiger partial charge in [0.1, 0.15) is 11.5 Å². The average molecular weight is 687 g/mol. The molecule has 7 N–H and O–H groups in total. The summed E-state index contributed by atoms with van der Waals surface area (Å²) < 4.78 is 0. The van der Waals surface area contributed by atoms with E-state index in [0.29, 0.717) is 11.1 Å². The first kappa shape index (κ1) is 32.4. The first-order valence-electron chi connectivity index (χ1n) is 16.8. The molecule has 1 aliphatic carbocycles. The molecule has 7 aromatic carbocycles. The molecule has 7 aromatic rings. The third kappa shape index (κ3) is 4.89. The minimum Gasteiger partial charge on any atom is -0.509 e. The maximum Gasteiger partial charge on any atom is 0.204 e. The van der Waals surface area contributed by atoms with E-state index >= 15 is 0 Å². The van der Waals surface area contributed by atoms with Crippen LogP contribution in [0.5, 0.6) is 23.0 Å². The van der Waals surface area contributed by atoms with E-state index in [2.05, 4.69) is 12.7 Å². The summed E-state index contributed by atoms with van der Waals surface area (Å²) in [4.78, 5) is 0. The molecule has 256 valence electrons. The lowest BCUT2D eigenvalue weighted by molar-refractivity contribution is 0.351. The lowest BCUT2D eigenvalue weighted by Gasteiger charge is -2.26. The number of benzene rings is 7. The van der Waals surface area contributed by atoms with Crippen molar-refractivity contribution in [3.05, 3.63) is 138 Å². The van der Waals surface area contributed by atoms with Crippen molar-refractivity contribution in [1.82, 2.24) is 0 Å². The molecule has 0 unspecified atom stereocenters. The van der Waals surface area contributed by atoms with E-state index in [1.54, 1.807) is 12.1 Å². The van der Waals surface area contributed by atoms with Gasteiger partial charge in [-0.15, -0.1) is 0 Å². The minimum atomic E-state index is -0.977. The van der Waals surface area contributed by atoms with Crippen molar-refractivity contribution in [2.45, 2.75) is 19.8 Å². The molecule has 7 heteroatoms. The zero-order chi connectivity index (χ0) is 36.4. The fourth-order valence-corrected chi connectivity index (χ4v) is 7.70. The summed E-state index contributed by atoms with van der Waals surface area (Å²) in [6.45, 7) is 5.15. The first-order chi connectivity index (χ1) is 25.1. The van der Waals surface area contributed by atoms with E-state index < -0.39 is 40.3 Å². The fourth-order valence-electron chi connectivity index (χ4n) is 7.70. The predicted molar refractivity (Wildman–Crippen MR) is 209 cm³/mol. The largest absolute Gasteiger partial charge is 0.509 e.